The molecule has 0 saturated heterocycles. The van der Waals surface area contributed by atoms with Gasteiger partial charge in [-0.3, -0.25) is 4.98 Å². The molecule has 4 aliphatic rings. The number of hydrogen-bond donors (Lipinski definition) is 0. The minimum absolute atomic E-state index is 0.424. The number of aromatic nitrogens is 1. The molecule has 1 aliphatic carbocycles. The normalized spacial score (nSPS) is 22.3. The van der Waals surface area contributed by atoms with Crippen LogP contribution in [-0.4, -0.2) is 84.3 Å². The molecule has 1 fully saturated rings. The highest BCUT2D eigenvalue weighted by Gasteiger charge is 2.33. The van der Waals surface area contributed by atoms with E-state index in [1.165, 1.54) is 24.0 Å². The van der Waals surface area contributed by atoms with E-state index < -0.39 is 0 Å². The average Bonchev–Trinajstić information content (AvgIpc) is 3.03. The molecule has 44 heavy (non-hydrogen) atoms. The van der Waals surface area contributed by atoms with Crippen LogP contribution in [0.2, 0.25) is 0 Å². The lowest BCUT2D eigenvalue weighted by molar-refractivity contribution is 0.00416. The molecule has 2 aromatic carbocycles. The summed E-state index contributed by atoms with van der Waals surface area (Å²) < 4.78 is 45.7. The maximum atomic E-state index is 5.88. The summed E-state index contributed by atoms with van der Waals surface area (Å²) in [5.41, 5.74) is 4.44. The summed E-state index contributed by atoms with van der Waals surface area (Å²) in [4.78, 5) is 4.59. The van der Waals surface area contributed by atoms with Crippen molar-refractivity contribution in [2.75, 3.05) is 79.3 Å². The summed E-state index contributed by atoms with van der Waals surface area (Å²) in [6.45, 7) is 6.91. The van der Waals surface area contributed by atoms with Crippen molar-refractivity contribution in [2.24, 2.45) is 0 Å². The predicted molar refractivity (Wildman–Crippen MR) is 165 cm³/mol. The minimum atomic E-state index is 0.424. The number of nitrogens with zero attached hydrogens (tertiary/aromatic N) is 1. The van der Waals surface area contributed by atoms with Crippen molar-refractivity contribution in [3.8, 4) is 11.5 Å². The van der Waals surface area contributed by atoms with Gasteiger partial charge < -0.3 is 37.9 Å². The monoisotopic (exact) mass is 607 g/mol. The van der Waals surface area contributed by atoms with Crippen LogP contribution in [0.1, 0.15) is 47.2 Å². The van der Waals surface area contributed by atoms with E-state index in [2.05, 4.69) is 53.5 Å². The molecule has 1 saturated carbocycles. The van der Waals surface area contributed by atoms with E-state index in [9.17, 15) is 0 Å². The zero-order valence-electron chi connectivity index (χ0n) is 25.5. The fourth-order valence-electron chi connectivity index (χ4n) is 5.28. The smallest absolute Gasteiger partial charge is 0.119 e. The Bertz CT molecular complexity index is 1120. The molecule has 0 amide bonds. The van der Waals surface area contributed by atoms with Crippen LogP contribution in [0.15, 0.2) is 66.7 Å². The first-order valence-corrected chi connectivity index (χ1v) is 15.7. The van der Waals surface area contributed by atoms with Gasteiger partial charge in [0.1, 0.15) is 24.7 Å². The van der Waals surface area contributed by atoms with Crippen LogP contribution in [0.3, 0.4) is 0 Å². The first-order chi connectivity index (χ1) is 21.8. The zero-order valence-corrected chi connectivity index (χ0v) is 25.5. The van der Waals surface area contributed by atoms with Crippen LogP contribution in [0.5, 0.6) is 11.5 Å². The summed E-state index contributed by atoms with van der Waals surface area (Å²) in [5.74, 6) is 2.78. The standard InChI is InChI=1S/C35H45NO8/c1-2-30-26-41-20-18-37-14-16-39-22-24-43-32-8-4-28(5-9-32)34-12-13-35(34)29-6-10-33(11-7-29)44-25-23-40-17-15-38-19-21-42-27-31(3-1)36-30/h1-11,34-35H,12-27H2. The Hall–Kier alpha value is -3.05. The van der Waals surface area contributed by atoms with Gasteiger partial charge in [-0.15, -0.1) is 0 Å². The molecule has 3 aromatic rings. The van der Waals surface area contributed by atoms with Crippen molar-refractivity contribution >= 4 is 0 Å². The molecule has 0 spiro atoms. The van der Waals surface area contributed by atoms with Crippen LogP contribution in [-0.2, 0) is 41.6 Å². The minimum Gasteiger partial charge on any atom is -0.491 e. The molecule has 1 aromatic heterocycles. The van der Waals surface area contributed by atoms with Crippen molar-refractivity contribution in [1.82, 2.24) is 4.98 Å². The van der Waals surface area contributed by atoms with Crippen LogP contribution >= 0.6 is 0 Å². The Kier molecular flexibility index (Phi) is 13.7. The highest BCUT2D eigenvalue weighted by Crippen LogP contribution is 2.49. The highest BCUT2D eigenvalue weighted by molar-refractivity contribution is 5.37. The lowest BCUT2D eigenvalue weighted by Gasteiger charge is -2.37. The first-order valence-electron chi connectivity index (χ1n) is 15.7. The van der Waals surface area contributed by atoms with Crippen molar-refractivity contribution in [1.29, 1.82) is 0 Å². The van der Waals surface area contributed by atoms with Gasteiger partial charge in [0.25, 0.3) is 0 Å². The number of benzene rings is 2. The average molecular weight is 608 g/mol. The second kappa shape index (κ2) is 18.7. The van der Waals surface area contributed by atoms with Gasteiger partial charge in [-0.2, -0.15) is 0 Å². The van der Waals surface area contributed by atoms with Gasteiger partial charge in [0.2, 0.25) is 0 Å². The quantitative estimate of drug-likeness (QED) is 0.337. The van der Waals surface area contributed by atoms with Crippen molar-refractivity contribution < 1.29 is 37.9 Å². The number of hydrogen-bond acceptors (Lipinski definition) is 9. The van der Waals surface area contributed by atoms with Crippen molar-refractivity contribution in [3.05, 3.63) is 89.2 Å². The van der Waals surface area contributed by atoms with E-state index in [0.717, 1.165) is 22.9 Å². The van der Waals surface area contributed by atoms with Gasteiger partial charge >= 0.3 is 0 Å². The number of rotatable bonds is 0. The molecule has 0 N–H and O–H groups in total. The molecule has 3 aliphatic heterocycles. The molecule has 9 heteroatoms. The largest absolute Gasteiger partial charge is 0.491 e. The van der Waals surface area contributed by atoms with Crippen LogP contribution < -0.4 is 9.47 Å². The van der Waals surface area contributed by atoms with E-state index in [1.807, 2.05) is 18.2 Å². The zero-order chi connectivity index (χ0) is 30.1. The topological polar surface area (TPSA) is 86.7 Å². The molecule has 0 radical (unpaired) electrons. The molecule has 7 rings (SSSR count). The lowest BCUT2D eigenvalue weighted by atomic mass is 9.67. The number of fused-ring (bicyclic) bond motifs is 2. The van der Waals surface area contributed by atoms with Crippen molar-refractivity contribution in [3.63, 3.8) is 0 Å². The van der Waals surface area contributed by atoms with Gasteiger partial charge in [-0.1, -0.05) is 30.3 Å². The van der Waals surface area contributed by atoms with E-state index in [4.69, 9.17) is 37.9 Å². The fourth-order valence-corrected chi connectivity index (χ4v) is 5.28. The summed E-state index contributed by atoms with van der Waals surface area (Å²) in [6, 6.07) is 22.9. The summed E-state index contributed by atoms with van der Waals surface area (Å²) in [5, 5.41) is 0. The maximum Gasteiger partial charge on any atom is 0.119 e. The van der Waals surface area contributed by atoms with Crippen LogP contribution in [0, 0.1) is 0 Å². The van der Waals surface area contributed by atoms with Crippen LogP contribution in [0.4, 0.5) is 0 Å². The maximum absolute atomic E-state index is 5.88. The van der Waals surface area contributed by atoms with E-state index in [0.29, 0.717) is 104 Å². The van der Waals surface area contributed by atoms with E-state index >= 15 is 0 Å². The molecule has 238 valence electrons. The summed E-state index contributed by atoms with van der Waals surface area (Å²) in [6.07, 6.45) is 2.40. The Labute approximate surface area is 260 Å². The first kappa shape index (κ1) is 32.3. The third-order valence-corrected chi connectivity index (χ3v) is 7.74. The van der Waals surface area contributed by atoms with Crippen LogP contribution in [0.25, 0.3) is 0 Å². The third-order valence-electron chi connectivity index (χ3n) is 7.74. The Morgan fingerprint density at radius 3 is 1.16 bits per heavy atom. The van der Waals surface area contributed by atoms with Gasteiger partial charge in [0.15, 0.2) is 0 Å². The number of ether oxygens (including phenoxy) is 8. The van der Waals surface area contributed by atoms with Gasteiger partial charge in [-0.05, 0) is 72.2 Å². The Morgan fingerprint density at radius 1 is 0.409 bits per heavy atom. The SMILES string of the molecule is c1cc2nc(c1)COCCOCCOCCOc1ccc(cc1)C1CCC1c1ccc(cc1)OCCOCCOCCOC2. The molecular weight excluding hydrogens is 562 g/mol. The Morgan fingerprint density at radius 2 is 0.773 bits per heavy atom. The van der Waals surface area contributed by atoms with Crippen molar-refractivity contribution in [2.45, 2.75) is 37.9 Å². The molecule has 6 bridgehead atoms. The molecule has 2 atom stereocenters. The highest BCUT2D eigenvalue weighted by atomic mass is 16.6. The lowest BCUT2D eigenvalue weighted by Crippen LogP contribution is -2.21. The second-order valence-electron chi connectivity index (χ2n) is 10.8. The third kappa shape index (κ3) is 10.8. The molecule has 9 nitrogen and oxygen atoms in total. The fraction of sp³-hybridized carbons (Fsp3) is 0.514. The van der Waals surface area contributed by atoms with Gasteiger partial charge in [0, 0.05) is 0 Å². The predicted octanol–water partition coefficient (Wildman–Crippen LogP) is 5.31. The van der Waals surface area contributed by atoms with Gasteiger partial charge in [-0.25, -0.2) is 0 Å². The Balaban J connectivity index is 1.07. The van der Waals surface area contributed by atoms with E-state index in [1.54, 1.807) is 0 Å². The molecule has 4 heterocycles. The molecule has 2 unspecified atom stereocenters. The summed E-state index contributed by atoms with van der Waals surface area (Å²) >= 11 is 0. The second-order valence-corrected chi connectivity index (χ2v) is 10.8. The van der Waals surface area contributed by atoms with E-state index in [-0.39, 0.29) is 0 Å². The van der Waals surface area contributed by atoms with Gasteiger partial charge in [0.05, 0.1) is 90.7 Å². The number of pyridine rings is 1. The summed E-state index contributed by atoms with van der Waals surface area (Å²) in [7, 11) is 0. The molecular formula is C35H45NO8.